The van der Waals surface area contributed by atoms with Crippen LogP contribution < -0.4 is 11.1 Å². The first-order chi connectivity index (χ1) is 8.24. The second-order valence-electron chi connectivity index (χ2n) is 5.09. The summed E-state index contributed by atoms with van der Waals surface area (Å²) in [5, 5.41) is 3.02. The Balaban J connectivity index is 1.71. The molecule has 96 valence electrons. The van der Waals surface area contributed by atoms with Gasteiger partial charge in [-0.1, -0.05) is 6.08 Å². The summed E-state index contributed by atoms with van der Waals surface area (Å²) in [4.78, 5) is 12.1. The van der Waals surface area contributed by atoms with Crippen molar-refractivity contribution in [2.75, 3.05) is 18.1 Å². The van der Waals surface area contributed by atoms with Crippen molar-refractivity contribution >= 4 is 17.7 Å². The fourth-order valence-corrected chi connectivity index (χ4v) is 3.84. The van der Waals surface area contributed by atoms with Crippen molar-refractivity contribution in [3.63, 3.8) is 0 Å². The Hall–Kier alpha value is -0.480. The largest absolute Gasteiger partial charge is 0.355 e. The molecule has 0 aliphatic heterocycles. The lowest BCUT2D eigenvalue weighted by Crippen LogP contribution is -2.45. The van der Waals surface area contributed by atoms with Crippen molar-refractivity contribution in [1.29, 1.82) is 0 Å². The highest BCUT2D eigenvalue weighted by Crippen LogP contribution is 2.47. The first-order valence-electron chi connectivity index (χ1n) is 6.46. The lowest BCUT2D eigenvalue weighted by molar-refractivity contribution is -0.126. The monoisotopic (exact) mass is 254 g/mol. The Morgan fingerprint density at radius 2 is 2.24 bits per heavy atom. The number of carbonyl (C=O) groups is 1. The number of hydrogen-bond donors (Lipinski definition) is 2. The van der Waals surface area contributed by atoms with Crippen LogP contribution in [0.25, 0.3) is 0 Å². The highest BCUT2D eigenvalue weighted by Gasteiger charge is 2.48. The van der Waals surface area contributed by atoms with Crippen molar-refractivity contribution in [3.05, 3.63) is 12.7 Å². The van der Waals surface area contributed by atoms with Gasteiger partial charge in [0.05, 0.1) is 5.92 Å². The molecule has 0 heterocycles. The molecule has 0 aromatic carbocycles. The van der Waals surface area contributed by atoms with Gasteiger partial charge in [0.1, 0.15) is 0 Å². The maximum Gasteiger partial charge on any atom is 0.224 e. The number of hydrogen-bond acceptors (Lipinski definition) is 3. The Morgan fingerprint density at radius 1 is 1.47 bits per heavy atom. The van der Waals surface area contributed by atoms with Gasteiger partial charge in [-0.05, 0) is 31.1 Å². The number of thioether (sulfide) groups is 1. The fraction of sp³-hybridized carbons (Fsp3) is 0.769. The zero-order chi connectivity index (χ0) is 12.3. The van der Waals surface area contributed by atoms with Crippen LogP contribution in [0, 0.1) is 17.8 Å². The quantitative estimate of drug-likeness (QED) is 0.556. The zero-order valence-corrected chi connectivity index (χ0v) is 11.0. The van der Waals surface area contributed by atoms with Gasteiger partial charge in [-0.2, -0.15) is 11.8 Å². The molecule has 4 unspecified atom stereocenters. The summed E-state index contributed by atoms with van der Waals surface area (Å²) in [6.07, 6.45) is 5.48. The predicted molar refractivity (Wildman–Crippen MR) is 72.8 cm³/mol. The Bertz CT molecular complexity index is 293. The van der Waals surface area contributed by atoms with Crippen LogP contribution in [0.5, 0.6) is 0 Å². The average Bonchev–Trinajstić information content (AvgIpc) is 2.89. The van der Waals surface area contributed by atoms with Crippen LogP contribution in [0.1, 0.15) is 19.3 Å². The second-order valence-corrected chi connectivity index (χ2v) is 6.24. The summed E-state index contributed by atoms with van der Waals surface area (Å²) in [6.45, 7) is 4.42. The molecule has 2 rings (SSSR count). The van der Waals surface area contributed by atoms with Crippen molar-refractivity contribution in [3.8, 4) is 0 Å². The van der Waals surface area contributed by atoms with E-state index in [9.17, 15) is 4.79 Å². The van der Waals surface area contributed by atoms with E-state index in [0.29, 0.717) is 11.8 Å². The van der Waals surface area contributed by atoms with E-state index in [1.54, 1.807) is 11.8 Å². The van der Waals surface area contributed by atoms with Crippen molar-refractivity contribution in [2.24, 2.45) is 23.5 Å². The van der Waals surface area contributed by atoms with E-state index in [-0.39, 0.29) is 17.9 Å². The maximum atomic E-state index is 12.1. The molecule has 17 heavy (non-hydrogen) atoms. The molecule has 3 N–H and O–H groups in total. The van der Waals surface area contributed by atoms with Gasteiger partial charge in [0.25, 0.3) is 0 Å². The van der Waals surface area contributed by atoms with Gasteiger partial charge in [-0.15, -0.1) is 6.58 Å². The van der Waals surface area contributed by atoms with Crippen LogP contribution in [-0.4, -0.2) is 30.0 Å². The number of carbonyl (C=O) groups excluding carboxylic acids is 1. The van der Waals surface area contributed by atoms with Crippen LogP contribution in [0.4, 0.5) is 0 Å². The minimum absolute atomic E-state index is 0.0816. The van der Waals surface area contributed by atoms with Crippen molar-refractivity contribution in [1.82, 2.24) is 5.32 Å². The highest BCUT2D eigenvalue weighted by molar-refractivity contribution is 7.99. The van der Waals surface area contributed by atoms with Gasteiger partial charge in [0, 0.05) is 24.1 Å². The minimum Gasteiger partial charge on any atom is -0.355 e. The van der Waals surface area contributed by atoms with E-state index in [1.165, 1.54) is 19.3 Å². The Labute approximate surface area is 108 Å². The van der Waals surface area contributed by atoms with E-state index in [4.69, 9.17) is 5.73 Å². The van der Waals surface area contributed by atoms with Gasteiger partial charge in [0.2, 0.25) is 5.91 Å². The van der Waals surface area contributed by atoms with E-state index in [1.807, 2.05) is 6.08 Å². The van der Waals surface area contributed by atoms with Crippen LogP contribution in [0.3, 0.4) is 0 Å². The topological polar surface area (TPSA) is 55.1 Å². The van der Waals surface area contributed by atoms with Crippen LogP contribution >= 0.6 is 11.8 Å². The lowest BCUT2D eigenvalue weighted by Gasteiger charge is -2.26. The van der Waals surface area contributed by atoms with Gasteiger partial charge < -0.3 is 11.1 Å². The third kappa shape index (κ3) is 2.86. The van der Waals surface area contributed by atoms with Gasteiger partial charge >= 0.3 is 0 Å². The number of rotatable bonds is 6. The minimum atomic E-state index is 0.0816. The van der Waals surface area contributed by atoms with E-state index < -0.39 is 0 Å². The molecule has 2 saturated carbocycles. The SMILES string of the molecule is C=CCSCCNC(=O)C1C2CCC(C2)C1N. The molecule has 0 aromatic rings. The van der Waals surface area contributed by atoms with E-state index in [0.717, 1.165) is 18.1 Å². The summed E-state index contributed by atoms with van der Waals surface area (Å²) in [5.74, 6) is 3.32. The molecule has 0 saturated heterocycles. The summed E-state index contributed by atoms with van der Waals surface area (Å²) < 4.78 is 0. The van der Waals surface area contributed by atoms with Crippen molar-refractivity contribution in [2.45, 2.75) is 25.3 Å². The second kappa shape index (κ2) is 5.91. The summed E-state index contributed by atoms with van der Waals surface area (Å²) >= 11 is 1.79. The lowest BCUT2D eigenvalue weighted by atomic mass is 9.84. The van der Waals surface area contributed by atoms with Crippen LogP contribution in [-0.2, 0) is 4.79 Å². The molecule has 2 aliphatic carbocycles. The van der Waals surface area contributed by atoms with Crippen molar-refractivity contribution < 1.29 is 4.79 Å². The number of amides is 1. The standard InChI is InChI=1S/C13H22N2OS/c1-2-6-17-7-5-15-13(16)11-9-3-4-10(8-9)12(11)14/h2,9-12H,1,3-8,14H2,(H,15,16). The first kappa shape index (κ1) is 13.0. The molecule has 0 aromatic heterocycles. The number of nitrogens with one attached hydrogen (secondary N) is 1. The number of nitrogens with two attached hydrogens (primary N) is 1. The molecule has 2 bridgehead atoms. The summed E-state index contributed by atoms with van der Waals surface area (Å²) in [6, 6.07) is 0.106. The molecule has 3 nitrogen and oxygen atoms in total. The predicted octanol–water partition coefficient (Wildman–Crippen LogP) is 1.40. The van der Waals surface area contributed by atoms with Gasteiger partial charge in [-0.25, -0.2) is 0 Å². The molecule has 0 radical (unpaired) electrons. The normalized spacial score (nSPS) is 34.9. The van der Waals surface area contributed by atoms with E-state index >= 15 is 0 Å². The average molecular weight is 254 g/mol. The molecular formula is C13H22N2OS. The molecule has 4 heteroatoms. The van der Waals surface area contributed by atoms with Gasteiger partial charge in [0.15, 0.2) is 0 Å². The van der Waals surface area contributed by atoms with E-state index in [2.05, 4.69) is 11.9 Å². The van der Waals surface area contributed by atoms with Gasteiger partial charge in [-0.3, -0.25) is 4.79 Å². The molecule has 0 spiro atoms. The zero-order valence-electron chi connectivity index (χ0n) is 10.2. The highest BCUT2D eigenvalue weighted by atomic mass is 32.2. The fourth-order valence-electron chi connectivity index (χ4n) is 3.26. The summed E-state index contributed by atoms with van der Waals surface area (Å²) in [7, 11) is 0. The third-order valence-electron chi connectivity index (χ3n) is 4.06. The Morgan fingerprint density at radius 3 is 2.88 bits per heavy atom. The third-order valence-corrected chi connectivity index (χ3v) is 5.03. The molecule has 1 amide bonds. The summed E-state index contributed by atoms with van der Waals surface area (Å²) in [5.41, 5.74) is 6.14. The molecule has 4 atom stereocenters. The smallest absolute Gasteiger partial charge is 0.224 e. The Kier molecular flexibility index (Phi) is 4.51. The van der Waals surface area contributed by atoms with Crippen LogP contribution in [0.2, 0.25) is 0 Å². The maximum absolute atomic E-state index is 12.1. The number of fused-ring (bicyclic) bond motifs is 2. The molecule has 2 aliphatic rings. The van der Waals surface area contributed by atoms with Crippen LogP contribution in [0.15, 0.2) is 12.7 Å². The first-order valence-corrected chi connectivity index (χ1v) is 7.61. The molecular weight excluding hydrogens is 232 g/mol. The molecule has 2 fully saturated rings.